The molecule has 2 heterocycles. The minimum Gasteiger partial charge on any atom is -0.315 e. The molecule has 2 rings (SSSR count). The van der Waals surface area contributed by atoms with Crippen molar-refractivity contribution in [2.24, 2.45) is 5.92 Å². The number of piperidine rings is 1. The Balaban J connectivity index is 2.07. The average Bonchev–Trinajstić information content (AvgIpc) is 2.93. The largest absolute Gasteiger partial charge is 0.315 e. The summed E-state index contributed by atoms with van der Waals surface area (Å²) in [6, 6.07) is 3.59. The van der Waals surface area contributed by atoms with E-state index < -0.39 is 10.0 Å². The lowest BCUT2D eigenvalue weighted by molar-refractivity contribution is 0.244. The third kappa shape index (κ3) is 3.81. The summed E-state index contributed by atoms with van der Waals surface area (Å²) in [7, 11) is -3.31. The van der Waals surface area contributed by atoms with Gasteiger partial charge in [-0.05, 0) is 36.8 Å². The lowest BCUT2D eigenvalue weighted by Gasteiger charge is -2.34. The third-order valence-electron chi connectivity index (χ3n) is 3.56. The molecule has 20 heavy (non-hydrogen) atoms. The minimum absolute atomic E-state index is 0.0922. The number of sulfonamides is 1. The molecule has 1 saturated heterocycles. The van der Waals surface area contributed by atoms with Crippen LogP contribution in [-0.2, 0) is 10.0 Å². The van der Waals surface area contributed by atoms with Gasteiger partial charge in [-0.3, -0.25) is 0 Å². The Hall–Kier alpha value is -0.430. The predicted octanol–water partition coefficient (Wildman–Crippen LogP) is 2.54. The zero-order valence-electron chi connectivity index (χ0n) is 12.2. The van der Waals surface area contributed by atoms with Gasteiger partial charge in [0.15, 0.2) is 0 Å². The Morgan fingerprint density at radius 2 is 2.25 bits per heavy atom. The van der Waals surface area contributed by atoms with Crippen molar-refractivity contribution in [2.75, 3.05) is 19.6 Å². The number of hydrogen-bond acceptors (Lipinski definition) is 4. The van der Waals surface area contributed by atoms with E-state index in [1.54, 1.807) is 16.4 Å². The summed E-state index contributed by atoms with van der Waals surface area (Å²) < 4.78 is 27.5. The van der Waals surface area contributed by atoms with Gasteiger partial charge in [-0.2, -0.15) is 4.31 Å². The lowest BCUT2D eigenvalue weighted by Crippen LogP contribution is -2.48. The van der Waals surface area contributed by atoms with Crippen molar-refractivity contribution < 1.29 is 8.42 Å². The highest BCUT2D eigenvalue weighted by atomic mass is 32.2. The molecule has 4 nitrogen and oxygen atoms in total. The SMILES string of the molecule is CC(C)CNCC1CCCCN1S(=O)(=O)c1cccs1. The highest BCUT2D eigenvalue weighted by Crippen LogP contribution is 2.27. The van der Waals surface area contributed by atoms with Crippen LogP contribution in [0.5, 0.6) is 0 Å². The molecule has 1 atom stereocenters. The van der Waals surface area contributed by atoms with E-state index in [2.05, 4.69) is 19.2 Å². The fraction of sp³-hybridized carbons (Fsp3) is 0.714. The van der Waals surface area contributed by atoms with E-state index in [0.717, 1.165) is 32.4 Å². The lowest BCUT2D eigenvalue weighted by atomic mass is 10.0. The molecule has 1 aliphatic rings. The molecule has 0 aliphatic carbocycles. The van der Waals surface area contributed by atoms with Crippen LogP contribution in [0.25, 0.3) is 0 Å². The van der Waals surface area contributed by atoms with Gasteiger partial charge in [0.2, 0.25) is 0 Å². The first-order valence-electron chi connectivity index (χ1n) is 7.28. The van der Waals surface area contributed by atoms with Gasteiger partial charge in [0, 0.05) is 19.1 Å². The molecule has 6 heteroatoms. The summed E-state index contributed by atoms with van der Waals surface area (Å²) in [5, 5.41) is 5.22. The Morgan fingerprint density at radius 3 is 2.90 bits per heavy atom. The molecule has 1 aromatic rings. The Labute approximate surface area is 126 Å². The van der Waals surface area contributed by atoms with E-state index in [4.69, 9.17) is 0 Å². The van der Waals surface area contributed by atoms with E-state index in [-0.39, 0.29) is 6.04 Å². The summed E-state index contributed by atoms with van der Waals surface area (Å²) in [5.41, 5.74) is 0. The highest BCUT2D eigenvalue weighted by Gasteiger charge is 2.33. The van der Waals surface area contributed by atoms with Crippen LogP contribution in [0.3, 0.4) is 0 Å². The van der Waals surface area contributed by atoms with Crippen LogP contribution in [0.2, 0.25) is 0 Å². The van der Waals surface area contributed by atoms with E-state index in [1.165, 1.54) is 11.3 Å². The first kappa shape index (κ1) is 15.9. The zero-order valence-corrected chi connectivity index (χ0v) is 13.8. The third-order valence-corrected chi connectivity index (χ3v) is 6.89. The molecule has 0 saturated carbocycles. The van der Waals surface area contributed by atoms with Gasteiger partial charge in [0.05, 0.1) is 0 Å². The van der Waals surface area contributed by atoms with E-state index in [0.29, 0.717) is 16.7 Å². The van der Waals surface area contributed by atoms with Crippen molar-refractivity contribution in [1.29, 1.82) is 0 Å². The van der Waals surface area contributed by atoms with Gasteiger partial charge in [0.25, 0.3) is 10.0 Å². The molecule has 1 fully saturated rings. The second kappa shape index (κ2) is 7.02. The average molecular weight is 316 g/mol. The van der Waals surface area contributed by atoms with Crippen LogP contribution < -0.4 is 5.32 Å². The first-order chi connectivity index (χ1) is 9.51. The van der Waals surface area contributed by atoms with Crippen LogP contribution in [0.15, 0.2) is 21.7 Å². The Kier molecular flexibility index (Phi) is 5.60. The maximum atomic E-state index is 12.7. The molecule has 0 radical (unpaired) electrons. The summed E-state index contributed by atoms with van der Waals surface area (Å²) in [6.45, 7) is 6.66. The quantitative estimate of drug-likeness (QED) is 0.877. The van der Waals surface area contributed by atoms with Crippen molar-refractivity contribution in [3.8, 4) is 0 Å². The maximum absolute atomic E-state index is 12.7. The predicted molar refractivity (Wildman–Crippen MR) is 83.6 cm³/mol. The molecule has 1 aliphatic heterocycles. The van der Waals surface area contributed by atoms with E-state index in [1.807, 2.05) is 5.38 Å². The normalized spacial score (nSPS) is 21.4. The molecule has 0 aromatic carbocycles. The van der Waals surface area contributed by atoms with Crippen LogP contribution in [0, 0.1) is 5.92 Å². The van der Waals surface area contributed by atoms with Gasteiger partial charge in [-0.15, -0.1) is 11.3 Å². The van der Waals surface area contributed by atoms with Gasteiger partial charge in [0.1, 0.15) is 4.21 Å². The molecule has 114 valence electrons. The summed E-state index contributed by atoms with van der Waals surface area (Å²) in [6.07, 6.45) is 3.03. The summed E-state index contributed by atoms with van der Waals surface area (Å²) in [4.78, 5) is 0. The van der Waals surface area contributed by atoms with Crippen LogP contribution in [0.4, 0.5) is 0 Å². The number of thiophene rings is 1. The molecule has 1 aromatic heterocycles. The Bertz CT molecular complexity index is 497. The standard InChI is InChI=1S/C14H24N2O2S2/c1-12(2)10-15-11-13-6-3-4-8-16(13)20(17,18)14-7-5-9-19-14/h5,7,9,12-13,15H,3-4,6,8,10-11H2,1-2H3. The van der Waals surface area contributed by atoms with E-state index >= 15 is 0 Å². The molecule has 1 unspecified atom stereocenters. The molecular weight excluding hydrogens is 292 g/mol. The number of nitrogens with one attached hydrogen (secondary N) is 1. The van der Waals surface area contributed by atoms with Crippen molar-refractivity contribution in [3.05, 3.63) is 17.5 Å². The van der Waals surface area contributed by atoms with Crippen molar-refractivity contribution >= 4 is 21.4 Å². The zero-order chi connectivity index (χ0) is 14.6. The van der Waals surface area contributed by atoms with Gasteiger partial charge < -0.3 is 5.32 Å². The maximum Gasteiger partial charge on any atom is 0.252 e. The van der Waals surface area contributed by atoms with Crippen molar-refractivity contribution in [3.63, 3.8) is 0 Å². The number of hydrogen-bond donors (Lipinski definition) is 1. The molecule has 0 bridgehead atoms. The number of rotatable bonds is 6. The van der Waals surface area contributed by atoms with Crippen LogP contribution >= 0.6 is 11.3 Å². The molecular formula is C14H24N2O2S2. The monoisotopic (exact) mass is 316 g/mol. The fourth-order valence-corrected chi connectivity index (χ4v) is 5.37. The summed E-state index contributed by atoms with van der Waals surface area (Å²) in [5.74, 6) is 0.584. The number of nitrogens with zero attached hydrogens (tertiary/aromatic N) is 1. The topological polar surface area (TPSA) is 49.4 Å². The minimum atomic E-state index is -3.31. The molecule has 0 spiro atoms. The van der Waals surface area contributed by atoms with Gasteiger partial charge >= 0.3 is 0 Å². The van der Waals surface area contributed by atoms with Crippen LogP contribution in [-0.4, -0.2) is 38.4 Å². The first-order valence-corrected chi connectivity index (χ1v) is 9.60. The second-order valence-corrected chi connectivity index (χ2v) is 8.81. The highest BCUT2D eigenvalue weighted by molar-refractivity contribution is 7.91. The molecule has 0 amide bonds. The second-order valence-electron chi connectivity index (χ2n) is 5.75. The van der Waals surface area contributed by atoms with Crippen LogP contribution in [0.1, 0.15) is 33.1 Å². The Morgan fingerprint density at radius 1 is 1.45 bits per heavy atom. The van der Waals surface area contributed by atoms with Gasteiger partial charge in [-0.1, -0.05) is 26.3 Å². The van der Waals surface area contributed by atoms with Gasteiger partial charge in [-0.25, -0.2) is 8.42 Å². The summed E-state index contributed by atoms with van der Waals surface area (Å²) >= 11 is 1.30. The molecule has 1 N–H and O–H groups in total. The van der Waals surface area contributed by atoms with E-state index in [9.17, 15) is 8.42 Å². The smallest absolute Gasteiger partial charge is 0.252 e. The van der Waals surface area contributed by atoms with Crippen molar-refractivity contribution in [2.45, 2.75) is 43.4 Å². The van der Waals surface area contributed by atoms with Crippen molar-refractivity contribution in [1.82, 2.24) is 9.62 Å². The fourth-order valence-electron chi connectivity index (χ4n) is 2.56.